The number of halogens is 2. The number of ether oxygens (including phenoxy) is 1. The van der Waals surface area contributed by atoms with Crippen molar-refractivity contribution in [3.63, 3.8) is 0 Å². The van der Waals surface area contributed by atoms with Crippen molar-refractivity contribution in [3.05, 3.63) is 87.4 Å². The molecule has 0 fully saturated rings. The van der Waals surface area contributed by atoms with Gasteiger partial charge in [-0.3, -0.25) is 14.4 Å². The maximum atomic E-state index is 12.2. The van der Waals surface area contributed by atoms with Gasteiger partial charge in [0.05, 0.1) is 21.9 Å². The molecule has 35 heavy (non-hydrogen) atoms. The molecule has 0 aliphatic rings. The van der Waals surface area contributed by atoms with Gasteiger partial charge in [0, 0.05) is 5.69 Å². The Labute approximate surface area is 212 Å². The van der Waals surface area contributed by atoms with E-state index in [9.17, 15) is 14.4 Å². The first-order valence-corrected chi connectivity index (χ1v) is 11.2. The van der Waals surface area contributed by atoms with Gasteiger partial charge in [-0.15, -0.1) is 0 Å². The molecule has 0 aromatic heterocycles. The summed E-state index contributed by atoms with van der Waals surface area (Å²) < 4.78 is 5.50. The zero-order valence-corrected chi connectivity index (χ0v) is 20.4. The van der Waals surface area contributed by atoms with Crippen LogP contribution in [0.3, 0.4) is 0 Å². The summed E-state index contributed by atoms with van der Waals surface area (Å²) in [5.74, 6) is -1.76. The van der Waals surface area contributed by atoms with Gasteiger partial charge in [0.1, 0.15) is 5.75 Å². The number of rotatable bonds is 7. The lowest BCUT2D eigenvalue weighted by atomic mass is 10.1. The molecule has 0 unspecified atom stereocenters. The van der Waals surface area contributed by atoms with Crippen LogP contribution in [0.15, 0.2) is 65.8 Å². The minimum atomic E-state index is -0.910. The lowest BCUT2D eigenvalue weighted by molar-refractivity contribution is -0.136. The standard InChI is InChI=1S/C25H22Cl2N4O4/c1-15-6-3-7-16(2)23(15)30-24(33)25(34)31-28-13-17-8-4-9-18(12-17)35-14-21(32)29-20-11-5-10-19(26)22(20)27/h3-13H,14H2,1-2H3,(H,29,32)(H,30,33)(H,31,34)/b28-13-. The van der Waals surface area contributed by atoms with Crippen molar-refractivity contribution < 1.29 is 19.1 Å². The minimum absolute atomic E-state index is 0.241. The van der Waals surface area contributed by atoms with E-state index in [1.165, 1.54) is 6.21 Å². The number of para-hydroxylation sites is 1. The smallest absolute Gasteiger partial charge is 0.329 e. The molecule has 0 spiro atoms. The summed E-state index contributed by atoms with van der Waals surface area (Å²) in [7, 11) is 0. The first-order chi connectivity index (χ1) is 16.7. The van der Waals surface area contributed by atoms with Gasteiger partial charge in [-0.1, -0.05) is 59.6 Å². The molecule has 0 aliphatic heterocycles. The van der Waals surface area contributed by atoms with Crippen molar-refractivity contribution in [2.45, 2.75) is 13.8 Å². The number of benzene rings is 3. The van der Waals surface area contributed by atoms with Gasteiger partial charge in [0.15, 0.2) is 6.61 Å². The highest BCUT2D eigenvalue weighted by Crippen LogP contribution is 2.29. The molecule has 10 heteroatoms. The zero-order chi connectivity index (χ0) is 25.4. The average molecular weight is 513 g/mol. The van der Waals surface area contributed by atoms with Crippen molar-refractivity contribution in [2.75, 3.05) is 17.2 Å². The van der Waals surface area contributed by atoms with E-state index in [1.54, 1.807) is 42.5 Å². The number of anilines is 2. The molecular weight excluding hydrogens is 491 g/mol. The lowest BCUT2D eigenvalue weighted by Gasteiger charge is -2.10. The number of hydrogen-bond donors (Lipinski definition) is 3. The normalized spacial score (nSPS) is 10.6. The Bertz CT molecular complexity index is 1270. The Kier molecular flexibility index (Phi) is 8.83. The largest absolute Gasteiger partial charge is 0.484 e. The van der Waals surface area contributed by atoms with E-state index in [1.807, 2.05) is 32.0 Å². The molecule has 0 radical (unpaired) electrons. The van der Waals surface area contributed by atoms with Gasteiger partial charge < -0.3 is 15.4 Å². The number of hydrogen-bond acceptors (Lipinski definition) is 5. The van der Waals surface area contributed by atoms with E-state index in [0.717, 1.165) is 11.1 Å². The topological polar surface area (TPSA) is 109 Å². The Morgan fingerprint density at radius 2 is 1.60 bits per heavy atom. The van der Waals surface area contributed by atoms with Crippen LogP contribution in [-0.2, 0) is 14.4 Å². The third kappa shape index (κ3) is 7.30. The van der Waals surface area contributed by atoms with Crippen LogP contribution in [-0.4, -0.2) is 30.5 Å². The summed E-state index contributed by atoms with van der Waals surface area (Å²) in [4.78, 5) is 36.4. The maximum Gasteiger partial charge on any atom is 0.329 e. The van der Waals surface area contributed by atoms with Crippen LogP contribution in [0.2, 0.25) is 10.0 Å². The SMILES string of the molecule is Cc1cccc(C)c1NC(=O)C(=O)N/N=C\c1cccc(OCC(=O)Nc2cccc(Cl)c2Cl)c1. The molecule has 0 saturated carbocycles. The second kappa shape index (κ2) is 12.0. The van der Waals surface area contributed by atoms with E-state index in [4.69, 9.17) is 27.9 Å². The highest BCUT2D eigenvalue weighted by Gasteiger charge is 2.15. The fraction of sp³-hybridized carbons (Fsp3) is 0.120. The predicted octanol–water partition coefficient (Wildman–Crippen LogP) is 4.72. The Morgan fingerprint density at radius 3 is 2.34 bits per heavy atom. The second-order valence-electron chi connectivity index (χ2n) is 7.43. The van der Waals surface area contributed by atoms with Crippen LogP contribution in [0, 0.1) is 13.8 Å². The minimum Gasteiger partial charge on any atom is -0.484 e. The third-order valence-corrected chi connectivity index (χ3v) is 5.58. The highest BCUT2D eigenvalue weighted by atomic mass is 35.5. The summed E-state index contributed by atoms with van der Waals surface area (Å²) in [5.41, 5.74) is 5.42. The van der Waals surface area contributed by atoms with Crippen LogP contribution in [0.5, 0.6) is 5.75 Å². The molecule has 3 N–H and O–H groups in total. The van der Waals surface area contributed by atoms with Gasteiger partial charge in [-0.05, 0) is 54.8 Å². The molecule has 3 aromatic carbocycles. The molecule has 0 atom stereocenters. The first-order valence-electron chi connectivity index (χ1n) is 10.4. The van der Waals surface area contributed by atoms with Gasteiger partial charge in [-0.2, -0.15) is 5.10 Å². The lowest BCUT2D eigenvalue weighted by Crippen LogP contribution is -2.32. The Hall–Kier alpha value is -3.88. The molecule has 0 saturated heterocycles. The molecule has 3 amide bonds. The summed E-state index contributed by atoms with van der Waals surface area (Å²) in [6.07, 6.45) is 1.35. The van der Waals surface area contributed by atoms with Gasteiger partial charge >= 0.3 is 11.8 Å². The number of aryl methyl sites for hydroxylation is 2. The molecule has 0 aliphatic carbocycles. The van der Waals surface area contributed by atoms with Crippen LogP contribution in [0.1, 0.15) is 16.7 Å². The molecular formula is C25H22Cl2N4O4. The fourth-order valence-electron chi connectivity index (χ4n) is 3.02. The molecule has 3 aromatic rings. The number of carbonyl (C=O) groups excluding carboxylic acids is 3. The number of amides is 3. The monoisotopic (exact) mass is 512 g/mol. The van der Waals surface area contributed by atoms with E-state index < -0.39 is 17.7 Å². The van der Waals surface area contributed by atoms with E-state index in [2.05, 4.69) is 21.2 Å². The van der Waals surface area contributed by atoms with Gasteiger partial charge in [0.2, 0.25) is 0 Å². The number of nitrogens with zero attached hydrogens (tertiary/aromatic N) is 1. The van der Waals surface area contributed by atoms with Crippen molar-refractivity contribution in [2.24, 2.45) is 5.10 Å². The summed E-state index contributed by atoms with van der Waals surface area (Å²) in [6, 6.07) is 17.1. The van der Waals surface area contributed by atoms with Crippen molar-refractivity contribution in [3.8, 4) is 5.75 Å². The first kappa shape index (κ1) is 25.7. The summed E-state index contributed by atoms with van der Waals surface area (Å²) >= 11 is 12.0. The van der Waals surface area contributed by atoms with Crippen LogP contribution >= 0.6 is 23.2 Å². The average Bonchev–Trinajstić information content (AvgIpc) is 2.83. The van der Waals surface area contributed by atoms with Crippen molar-refractivity contribution in [1.29, 1.82) is 0 Å². The molecule has 0 heterocycles. The van der Waals surface area contributed by atoms with Crippen molar-refractivity contribution in [1.82, 2.24) is 5.43 Å². The molecule has 3 rings (SSSR count). The van der Waals surface area contributed by atoms with Crippen LogP contribution in [0.4, 0.5) is 11.4 Å². The molecule has 180 valence electrons. The van der Waals surface area contributed by atoms with Gasteiger partial charge in [-0.25, -0.2) is 5.43 Å². The van der Waals surface area contributed by atoms with Crippen LogP contribution in [0.25, 0.3) is 0 Å². The van der Waals surface area contributed by atoms with Crippen LogP contribution < -0.4 is 20.8 Å². The number of carbonyl (C=O) groups is 3. The van der Waals surface area contributed by atoms with Gasteiger partial charge in [0.25, 0.3) is 5.91 Å². The quantitative estimate of drug-likeness (QED) is 0.241. The second-order valence-corrected chi connectivity index (χ2v) is 8.22. The summed E-state index contributed by atoms with van der Waals surface area (Å²) in [5, 5.41) is 9.59. The predicted molar refractivity (Wildman–Crippen MR) is 137 cm³/mol. The number of nitrogens with one attached hydrogen (secondary N) is 3. The number of hydrazone groups is 1. The summed E-state index contributed by atoms with van der Waals surface area (Å²) in [6.45, 7) is 3.41. The van der Waals surface area contributed by atoms with Crippen molar-refractivity contribution >= 4 is 58.5 Å². The Morgan fingerprint density at radius 1 is 0.914 bits per heavy atom. The third-order valence-electron chi connectivity index (χ3n) is 4.76. The maximum absolute atomic E-state index is 12.2. The van der Waals surface area contributed by atoms with E-state index in [0.29, 0.717) is 27.7 Å². The molecule has 8 nitrogen and oxygen atoms in total. The zero-order valence-electron chi connectivity index (χ0n) is 18.9. The Balaban J connectivity index is 1.51. The van der Waals surface area contributed by atoms with E-state index in [-0.39, 0.29) is 11.6 Å². The van der Waals surface area contributed by atoms with E-state index >= 15 is 0 Å². The fourth-order valence-corrected chi connectivity index (χ4v) is 3.37. The molecule has 0 bridgehead atoms. The highest BCUT2D eigenvalue weighted by molar-refractivity contribution is 6.44.